The van der Waals surface area contributed by atoms with Gasteiger partial charge in [-0.25, -0.2) is 0 Å². The third-order valence-electron chi connectivity index (χ3n) is 3.33. The molecule has 0 fully saturated rings. The van der Waals surface area contributed by atoms with Crippen LogP contribution < -0.4 is 0 Å². The normalized spacial score (nSPS) is 6.00. The minimum absolute atomic E-state index is 0. The maximum Gasteiger partial charge on any atom is 2.00 e. The van der Waals surface area contributed by atoms with E-state index in [9.17, 15) is 0 Å². The summed E-state index contributed by atoms with van der Waals surface area (Å²) in [6, 6.07) is 60.0. The average Bonchev–Trinajstić information content (AvgIpc) is 3.21. The molecule has 0 aliphatic carbocycles. The quantitative estimate of drug-likeness (QED) is 0.137. The largest absolute Gasteiger partial charge is 2.00 e. The van der Waals surface area contributed by atoms with Gasteiger partial charge in [-0.15, -0.1) is 0 Å². The van der Waals surface area contributed by atoms with E-state index in [1.54, 1.807) is 0 Å². The van der Waals surface area contributed by atoms with Crippen molar-refractivity contribution >= 4 is 0 Å². The molecule has 0 amide bonds. The molecule has 5 aromatic carbocycles. The maximum atomic E-state index is 2.00. The van der Waals surface area contributed by atoms with E-state index < -0.39 is 0 Å². The molecule has 0 N–H and O–H groups in total. The van der Waals surface area contributed by atoms with Crippen LogP contribution in [0.5, 0.6) is 0 Å². The Morgan fingerprint density at radius 3 is 0.170 bits per heavy atom. The number of hydrogen-bond donors (Lipinski definition) is 0. The molecule has 0 bridgehead atoms. The predicted molar refractivity (Wildman–Crippen MR) is 224 cm³/mol. The Bertz CT molecular complexity index is 550. The van der Waals surface area contributed by atoms with Crippen molar-refractivity contribution in [3.63, 3.8) is 0 Å². The zero-order chi connectivity index (χ0) is 35.2. The molecule has 5 aromatic rings. The van der Waals surface area contributed by atoms with Crippen molar-refractivity contribution < 1.29 is 21.1 Å². The van der Waals surface area contributed by atoms with E-state index in [1.807, 2.05) is 279 Å². The standard InChI is InChI=1S/5C6H6.7C2H6.2CH3.W/c5*1-2-4-6-5-3-1;7*1-2;;;/h5*1-6H;7*1-2H3;2*1H3;/q;;;;;;;;;;;;2*-1;+2. The van der Waals surface area contributed by atoms with Crippen molar-refractivity contribution in [3.05, 3.63) is 197 Å². The van der Waals surface area contributed by atoms with Gasteiger partial charge in [-0.2, -0.15) is 0 Å². The summed E-state index contributed by atoms with van der Waals surface area (Å²) < 4.78 is 0. The number of benzene rings is 5. The molecule has 0 radical (unpaired) electrons. The smallest absolute Gasteiger partial charge is 0.358 e. The van der Waals surface area contributed by atoms with Gasteiger partial charge >= 0.3 is 21.1 Å². The van der Waals surface area contributed by atoms with Crippen molar-refractivity contribution in [3.8, 4) is 0 Å². The van der Waals surface area contributed by atoms with E-state index in [2.05, 4.69) is 0 Å². The van der Waals surface area contributed by atoms with Gasteiger partial charge in [0.05, 0.1) is 0 Å². The first-order chi connectivity index (χ1) is 22.0. The zero-order valence-corrected chi connectivity index (χ0v) is 36.7. The van der Waals surface area contributed by atoms with Crippen molar-refractivity contribution in [2.75, 3.05) is 0 Å². The zero-order valence-electron chi connectivity index (χ0n) is 33.7. The second-order valence-corrected chi connectivity index (χ2v) is 5.77. The van der Waals surface area contributed by atoms with Crippen LogP contribution in [0.3, 0.4) is 0 Å². The first-order valence-electron chi connectivity index (χ1n) is 17.0. The second kappa shape index (κ2) is 104. The summed E-state index contributed by atoms with van der Waals surface area (Å²) in [6.45, 7) is 28.0. The molecule has 0 nitrogen and oxygen atoms in total. The molecule has 0 aromatic heterocycles. The molecule has 268 valence electrons. The monoisotopic (exact) mass is 815 g/mol. The summed E-state index contributed by atoms with van der Waals surface area (Å²) in [6.07, 6.45) is 0. The molecular weight excluding hydrogens is 736 g/mol. The molecule has 0 atom stereocenters. The topological polar surface area (TPSA) is 0 Å². The molecule has 0 spiro atoms. The van der Waals surface area contributed by atoms with Crippen LogP contribution in [-0.2, 0) is 21.1 Å². The predicted octanol–water partition coefficient (Wildman–Crippen LogP) is 16.5. The second-order valence-electron chi connectivity index (χ2n) is 5.77. The van der Waals surface area contributed by atoms with Crippen LogP contribution in [-0.4, -0.2) is 0 Å². The Morgan fingerprint density at radius 2 is 0.149 bits per heavy atom. The number of hydrogen-bond acceptors (Lipinski definition) is 0. The van der Waals surface area contributed by atoms with Gasteiger partial charge in [-0.1, -0.05) is 279 Å². The average molecular weight is 815 g/mol. The van der Waals surface area contributed by atoms with E-state index >= 15 is 0 Å². The van der Waals surface area contributed by atoms with Gasteiger partial charge < -0.3 is 14.9 Å². The summed E-state index contributed by atoms with van der Waals surface area (Å²) in [4.78, 5) is 0. The fourth-order valence-electron chi connectivity index (χ4n) is 1.92. The van der Waals surface area contributed by atoms with Crippen molar-refractivity contribution in [1.82, 2.24) is 0 Å². The summed E-state index contributed by atoms with van der Waals surface area (Å²) >= 11 is 0. The molecule has 0 saturated carbocycles. The van der Waals surface area contributed by atoms with E-state index in [4.69, 9.17) is 0 Å². The fourth-order valence-corrected chi connectivity index (χ4v) is 1.92. The maximum absolute atomic E-state index is 2.00. The Balaban J connectivity index is -0.0000000410. The molecule has 0 saturated heterocycles. The molecular formula is C46H78W. The molecule has 0 unspecified atom stereocenters. The van der Waals surface area contributed by atoms with Gasteiger partial charge in [0.2, 0.25) is 0 Å². The summed E-state index contributed by atoms with van der Waals surface area (Å²) in [5, 5.41) is 0. The molecule has 0 aliphatic rings. The van der Waals surface area contributed by atoms with E-state index in [1.165, 1.54) is 0 Å². The minimum Gasteiger partial charge on any atom is -0.358 e. The van der Waals surface area contributed by atoms with Gasteiger partial charge in [-0.3, -0.25) is 0 Å². The van der Waals surface area contributed by atoms with Crippen LogP contribution in [0, 0.1) is 14.9 Å². The van der Waals surface area contributed by atoms with Crippen molar-refractivity contribution in [2.45, 2.75) is 96.9 Å². The van der Waals surface area contributed by atoms with Gasteiger partial charge in [0.25, 0.3) is 0 Å². The number of rotatable bonds is 0. The Hall–Kier alpha value is -3.21. The SMILES string of the molecule is CC.CC.CC.CC.CC.CC.CC.[CH3-].[CH3-].[W+2].c1ccccc1.c1ccccc1.c1ccccc1.c1ccccc1.c1ccccc1. The van der Waals surface area contributed by atoms with Gasteiger partial charge in [-0.05, 0) is 0 Å². The van der Waals surface area contributed by atoms with Gasteiger partial charge in [0.1, 0.15) is 0 Å². The van der Waals surface area contributed by atoms with E-state index in [0.717, 1.165) is 0 Å². The first-order valence-corrected chi connectivity index (χ1v) is 17.0. The Morgan fingerprint density at radius 1 is 0.128 bits per heavy atom. The minimum atomic E-state index is 0. The molecule has 1 heteroatoms. The molecule has 0 heterocycles. The third-order valence-corrected chi connectivity index (χ3v) is 3.33. The van der Waals surface area contributed by atoms with Crippen molar-refractivity contribution in [1.29, 1.82) is 0 Å². The van der Waals surface area contributed by atoms with Crippen LogP contribution >= 0.6 is 0 Å². The van der Waals surface area contributed by atoms with Crippen LogP contribution in [0.1, 0.15) is 96.9 Å². The summed E-state index contributed by atoms with van der Waals surface area (Å²) in [7, 11) is 0. The molecule has 0 aliphatic heterocycles. The van der Waals surface area contributed by atoms with Crippen LogP contribution in [0.2, 0.25) is 0 Å². The van der Waals surface area contributed by atoms with E-state index in [-0.39, 0.29) is 35.9 Å². The van der Waals surface area contributed by atoms with Crippen LogP contribution in [0.15, 0.2) is 182 Å². The van der Waals surface area contributed by atoms with Gasteiger partial charge in [0.15, 0.2) is 0 Å². The summed E-state index contributed by atoms with van der Waals surface area (Å²) in [5.74, 6) is 0. The first kappa shape index (κ1) is 70.2. The van der Waals surface area contributed by atoms with Gasteiger partial charge in [0, 0.05) is 0 Å². The van der Waals surface area contributed by atoms with Crippen LogP contribution in [0.4, 0.5) is 0 Å². The molecule has 47 heavy (non-hydrogen) atoms. The summed E-state index contributed by atoms with van der Waals surface area (Å²) in [5.41, 5.74) is 0. The van der Waals surface area contributed by atoms with Crippen LogP contribution in [0.25, 0.3) is 0 Å². The Labute approximate surface area is 313 Å². The fraction of sp³-hybridized carbons (Fsp3) is 0.304. The Kier molecular flexibility index (Phi) is 156. The van der Waals surface area contributed by atoms with E-state index in [0.29, 0.717) is 0 Å². The van der Waals surface area contributed by atoms with Crippen molar-refractivity contribution in [2.24, 2.45) is 0 Å². The molecule has 5 rings (SSSR count). The third kappa shape index (κ3) is 99.2.